The molecule has 0 heterocycles. The summed E-state index contributed by atoms with van der Waals surface area (Å²) in [6.45, 7) is 1.11. The van der Waals surface area contributed by atoms with E-state index in [0.29, 0.717) is 0 Å². The van der Waals surface area contributed by atoms with E-state index in [1.54, 1.807) is 0 Å². The molecule has 82 valence electrons. The van der Waals surface area contributed by atoms with Crippen molar-refractivity contribution >= 4 is 12.6 Å². The summed E-state index contributed by atoms with van der Waals surface area (Å²) < 4.78 is 0. The highest BCUT2D eigenvalue weighted by molar-refractivity contribution is 7.80. The monoisotopic (exact) mass is 225 g/mol. The van der Waals surface area contributed by atoms with Crippen LogP contribution in [0.25, 0.3) is 0 Å². The van der Waals surface area contributed by atoms with Crippen molar-refractivity contribution in [2.75, 3.05) is 12.3 Å². The van der Waals surface area contributed by atoms with Crippen LogP contribution in [0.4, 0.5) is 0 Å². The van der Waals surface area contributed by atoms with Crippen molar-refractivity contribution < 1.29 is 18.1 Å². The van der Waals surface area contributed by atoms with Gasteiger partial charge >= 0.3 is 0 Å². The van der Waals surface area contributed by atoms with Gasteiger partial charge in [0.25, 0.3) is 0 Å². The van der Waals surface area contributed by atoms with Crippen molar-refractivity contribution in [2.45, 2.75) is 51.4 Å². The van der Waals surface area contributed by atoms with Gasteiger partial charge in [-0.25, -0.2) is 0 Å². The highest BCUT2D eigenvalue weighted by Crippen LogP contribution is 2.08. The predicted molar refractivity (Wildman–Crippen MR) is 58.5 cm³/mol. The van der Waals surface area contributed by atoms with Crippen molar-refractivity contribution in [3.8, 4) is 0 Å². The van der Waals surface area contributed by atoms with Crippen molar-refractivity contribution in [1.82, 2.24) is 0 Å². The van der Waals surface area contributed by atoms with Crippen LogP contribution in [0.15, 0.2) is 0 Å². The molecule has 0 unspecified atom stereocenters. The van der Waals surface area contributed by atoms with E-state index in [-0.39, 0.29) is 12.4 Å². The molecule has 0 aliphatic carbocycles. The van der Waals surface area contributed by atoms with Crippen LogP contribution in [0.1, 0.15) is 51.4 Å². The second-order valence-corrected chi connectivity index (χ2v) is 3.85. The zero-order valence-corrected chi connectivity index (χ0v) is 10.3. The summed E-state index contributed by atoms with van der Waals surface area (Å²) in [5.74, 6) is 1.06. The molecule has 0 rings (SSSR count). The topological polar surface area (TPSA) is 27.6 Å². The maximum atomic E-state index is 4.18. The van der Waals surface area contributed by atoms with Gasteiger partial charge in [0, 0.05) is 0 Å². The molecule has 0 spiro atoms. The van der Waals surface area contributed by atoms with E-state index >= 15 is 0 Å². The molecular formula is C10H24ClNS. The molecule has 0 bridgehead atoms. The molecule has 0 radical (unpaired) electrons. The lowest BCUT2D eigenvalue weighted by molar-refractivity contribution is -0.368. The second kappa shape index (κ2) is 15.1. The molecule has 0 aromatic rings. The van der Waals surface area contributed by atoms with E-state index in [9.17, 15) is 0 Å². The van der Waals surface area contributed by atoms with Gasteiger partial charge in [0.05, 0.1) is 6.54 Å². The Labute approximate surface area is 94.7 Å². The molecule has 0 fully saturated rings. The fraction of sp³-hybridized carbons (Fsp3) is 1.00. The Morgan fingerprint density at radius 2 is 1.08 bits per heavy atom. The number of hydrogen-bond acceptors (Lipinski definition) is 1. The fourth-order valence-corrected chi connectivity index (χ4v) is 1.57. The minimum Gasteiger partial charge on any atom is -1.00 e. The molecule has 13 heavy (non-hydrogen) atoms. The van der Waals surface area contributed by atoms with Crippen molar-refractivity contribution in [2.24, 2.45) is 0 Å². The van der Waals surface area contributed by atoms with Gasteiger partial charge in [-0.1, -0.05) is 32.1 Å². The van der Waals surface area contributed by atoms with Gasteiger partial charge in [-0.05, 0) is 25.0 Å². The first-order valence-electron chi connectivity index (χ1n) is 5.32. The molecule has 0 aromatic carbocycles. The lowest BCUT2D eigenvalue weighted by Crippen LogP contribution is -3.00. The van der Waals surface area contributed by atoms with Gasteiger partial charge in [0.15, 0.2) is 0 Å². The number of thiol groups is 1. The van der Waals surface area contributed by atoms with E-state index < -0.39 is 0 Å². The quantitative estimate of drug-likeness (QED) is 0.383. The number of quaternary nitrogens is 1. The number of rotatable bonds is 9. The van der Waals surface area contributed by atoms with Crippen LogP contribution >= 0.6 is 12.6 Å². The van der Waals surface area contributed by atoms with Gasteiger partial charge in [-0.3, -0.25) is 0 Å². The third-order valence-electron chi connectivity index (χ3n) is 2.16. The Morgan fingerprint density at radius 1 is 0.692 bits per heavy atom. The van der Waals surface area contributed by atoms with Gasteiger partial charge < -0.3 is 18.1 Å². The minimum atomic E-state index is 0. The van der Waals surface area contributed by atoms with Crippen LogP contribution < -0.4 is 18.1 Å². The van der Waals surface area contributed by atoms with Crippen molar-refractivity contribution in [1.29, 1.82) is 0 Å². The first-order valence-corrected chi connectivity index (χ1v) is 5.95. The maximum Gasteiger partial charge on any atom is 0.0739 e. The molecule has 0 aliphatic heterocycles. The molecule has 1 nitrogen and oxygen atoms in total. The summed E-state index contributed by atoms with van der Waals surface area (Å²) in [5.41, 5.74) is 3.84. The molecule has 0 amide bonds. The summed E-state index contributed by atoms with van der Waals surface area (Å²) in [4.78, 5) is 0. The fourth-order valence-electron chi connectivity index (χ4n) is 1.35. The first-order chi connectivity index (χ1) is 5.91. The summed E-state index contributed by atoms with van der Waals surface area (Å²) in [7, 11) is 0. The SMILES string of the molecule is [Cl-].[NH3+]CCCCCCCCCCS. The Kier molecular flexibility index (Phi) is 18.6. The third kappa shape index (κ3) is 15.4. The predicted octanol–water partition coefficient (Wildman–Crippen LogP) is -0.717. The normalized spacial score (nSPS) is 9.69. The number of halogens is 1. The largest absolute Gasteiger partial charge is 1.00 e. The van der Waals surface area contributed by atoms with E-state index in [4.69, 9.17) is 0 Å². The Balaban J connectivity index is 0. The second-order valence-electron chi connectivity index (χ2n) is 3.41. The summed E-state index contributed by atoms with van der Waals surface area (Å²) in [6.07, 6.45) is 11.0. The van der Waals surface area contributed by atoms with Crippen LogP contribution in [0.3, 0.4) is 0 Å². The van der Waals surface area contributed by atoms with Gasteiger partial charge in [0.1, 0.15) is 0 Å². The summed E-state index contributed by atoms with van der Waals surface area (Å²) in [6, 6.07) is 0. The van der Waals surface area contributed by atoms with Gasteiger partial charge in [-0.15, -0.1) is 0 Å². The van der Waals surface area contributed by atoms with Crippen LogP contribution in [0.2, 0.25) is 0 Å². The zero-order chi connectivity index (χ0) is 9.07. The zero-order valence-electron chi connectivity index (χ0n) is 8.60. The lowest BCUT2D eigenvalue weighted by Gasteiger charge is -1.99. The Hall–Kier alpha value is 0.600. The van der Waals surface area contributed by atoms with E-state index in [2.05, 4.69) is 18.4 Å². The van der Waals surface area contributed by atoms with Crippen LogP contribution in [0, 0.1) is 0 Å². The van der Waals surface area contributed by atoms with Crippen LogP contribution in [0.5, 0.6) is 0 Å². The van der Waals surface area contributed by atoms with Crippen LogP contribution in [-0.2, 0) is 0 Å². The van der Waals surface area contributed by atoms with Crippen LogP contribution in [-0.4, -0.2) is 12.3 Å². The summed E-state index contributed by atoms with van der Waals surface area (Å²) >= 11 is 4.18. The summed E-state index contributed by atoms with van der Waals surface area (Å²) in [5, 5.41) is 0. The van der Waals surface area contributed by atoms with E-state index in [0.717, 1.165) is 12.3 Å². The Morgan fingerprint density at radius 3 is 1.46 bits per heavy atom. The standard InChI is InChI=1S/C10H23NS.ClH/c11-9-7-5-3-1-2-4-6-8-10-12;/h12H,1-11H2;1H. The van der Waals surface area contributed by atoms with Crippen molar-refractivity contribution in [3.05, 3.63) is 0 Å². The van der Waals surface area contributed by atoms with Crippen molar-refractivity contribution in [3.63, 3.8) is 0 Å². The van der Waals surface area contributed by atoms with E-state index in [1.165, 1.54) is 51.4 Å². The smallest absolute Gasteiger partial charge is 0.0739 e. The first kappa shape index (κ1) is 16.0. The Bertz CT molecular complexity index is 71.3. The lowest BCUT2D eigenvalue weighted by atomic mass is 10.1. The highest BCUT2D eigenvalue weighted by atomic mass is 35.5. The maximum absolute atomic E-state index is 4.18. The van der Waals surface area contributed by atoms with Gasteiger partial charge in [-0.2, -0.15) is 12.6 Å². The molecule has 0 atom stereocenters. The molecule has 0 aliphatic rings. The molecule has 3 N–H and O–H groups in total. The number of unbranched alkanes of at least 4 members (excludes halogenated alkanes) is 7. The van der Waals surface area contributed by atoms with E-state index in [1.807, 2.05) is 0 Å². The average Bonchev–Trinajstić information content (AvgIpc) is 2.10. The average molecular weight is 226 g/mol. The third-order valence-corrected chi connectivity index (χ3v) is 2.47. The molecule has 0 aromatic heterocycles. The molecular weight excluding hydrogens is 202 g/mol. The molecule has 0 saturated heterocycles. The minimum absolute atomic E-state index is 0. The molecule has 3 heteroatoms. The highest BCUT2D eigenvalue weighted by Gasteiger charge is 1.90. The molecule has 0 saturated carbocycles. The number of hydrogen-bond donors (Lipinski definition) is 2. The van der Waals surface area contributed by atoms with Gasteiger partial charge in [0.2, 0.25) is 0 Å².